The topological polar surface area (TPSA) is 71.7 Å². The number of carbonyl (C=O) groups excluding carboxylic acids is 1. The number of halogens is 1. The largest absolute Gasteiger partial charge is 0.314 e. The van der Waals surface area contributed by atoms with Crippen LogP contribution in [-0.4, -0.2) is 36.3 Å². The Morgan fingerprint density at radius 1 is 1.10 bits per heavy atom. The monoisotopic (exact) mass is 461 g/mol. The number of piperidine rings is 1. The van der Waals surface area contributed by atoms with Gasteiger partial charge < -0.3 is 4.57 Å². The van der Waals surface area contributed by atoms with Crippen LogP contribution in [0.15, 0.2) is 52.4 Å². The number of sulfonamides is 1. The summed E-state index contributed by atoms with van der Waals surface area (Å²) < 4.78 is 43.9. The summed E-state index contributed by atoms with van der Waals surface area (Å²) in [6.45, 7) is 3.57. The van der Waals surface area contributed by atoms with Crippen LogP contribution in [0.4, 0.5) is 4.39 Å². The van der Waals surface area contributed by atoms with Gasteiger partial charge in [0.2, 0.25) is 10.0 Å². The van der Waals surface area contributed by atoms with E-state index in [2.05, 4.69) is 4.99 Å². The molecule has 2 heterocycles. The van der Waals surface area contributed by atoms with Crippen LogP contribution >= 0.6 is 11.3 Å². The molecule has 6 nitrogen and oxygen atoms in total. The van der Waals surface area contributed by atoms with E-state index in [-0.39, 0.29) is 10.7 Å². The van der Waals surface area contributed by atoms with Crippen molar-refractivity contribution in [3.05, 3.63) is 58.6 Å². The summed E-state index contributed by atoms with van der Waals surface area (Å²) >= 11 is 1.26. The molecular formula is C22H24FN3O3S2. The number of rotatable bonds is 5. The number of benzene rings is 2. The first-order valence-corrected chi connectivity index (χ1v) is 12.6. The highest BCUT2D eigenvalue weighted by Gasteiger charge is 2.26. The molecule has 0 saturated carbocycles. The van der Waals surface area contributed by atoms with Gasteiger partial charge >= 0.3 is 0 Å². The van der Waals surface area contributed by atoms with Crippen molar-refractivity contribution in [1.29, 1.82) is 0 Å². The van der Waals surface area contributed by atoms with Gasteiger partial charge in [0.15, 0.2) is 4.80 Å². The van der Waals surface area contributed by atoms with Crippen molar-refractivity contribution in [1.82, 2.24) is 8.87 Å². The van der Waals surface area contributed by atoms with Crippen LogP contribution in [0.2, 0.25) is 0 Å². The molecule has 4 rings (SSSR count). The second-order valence-corrected chi connectivity index (χ2v) is 10.5. The number of para-hydroxylation sites is 1. The third-order valence-corrected chi connectivity index (χ3v) is 8.31. The zero-order valence-electron chi connectivity index (χ0n) is 17.3. The Morgan fingerprint density at radius 3 is 2.48 bits per heavy atom. The normalized spacial score (nSPS) is 16.1. The number of carbonyl (C=O) groups is 1. The number of fused-ring (bicyclic) bond motifs is 1. The molecule has 1 fully saturated rings. The van der Waals surface area contributed by atoms with Gasteiger partial charge in [0.1, 0.15) is 5.82 Å². The number of aromatic nitrogens is 1. The molecule has 0 spiro atoms. The predicted octanol–water partition coefficient (Wildman–Crippen LogP) is 4.17. The Bertz CT molecular complexity index is 1270. The Labute approximate surface area is 184 Å². The summed E-state index contributed by atoms with van der Waals surface area (Å²) in [4.78, 5) is 17.6. The quantitative estimate of drug-likeness (QED) is 0.573. The van der Waals surface area contributed by atoms with Crippen molar-refractivity contribution < 1.29 is 17.6 Å². The van der Waals surface area contributed by atoms with E-state index in [9.17, 15) is 17.6 Å². The van der Waals surface area contributed by atoms with E-state index in [1.54, 1.807) is 16.7 Å². The molecule has 0 bridgehead atoms. The van der Waals surface area contributed by atoms with Crippen molar-refractivity contribution in [3.8, 4) is 0 Å². The van der Waals surface area contributed by atoms with Gasteiger partial charge in [0.05, 0.1) is 15.1 Å². The van der Waals surface area contributed by atoms with Gasteiger partial charge in [-0.2, -0.15) is 9.30 Å². The van der Waals surface area contributed by atoms with Crippen LogP contribution in [0.25, 0.3) is 10.2 Å². The first-order valence-electron chi connectivity index (χ1n) is 10.4. The lowest BCUT2D eigenvalue weighted by Gasteiger charge is -2.25. The number of amides is 1. The van der Waals surface area contributed by atoms with E-state index in [1.165, 1.54) is 46.0 Å². The van der Waals surface area contributed by atoms with Gasteiger partial charge in [0.25, 0.3) is 5.91 Å². The Hall–Kier alpha value is -2.36. The second kappa shape index (κ2) is 9.02. The summed E-state index contributed by atoms with van der Waals surface area (Å²) in [5.41, 5.74) is 0.738. The standard InChI is InChI=1S/C22H24FN3O3S2/c1-2-13-26-20-18(23)7-6-8-19(20)30-22(26)24-21(27)16-9-11-17(12-10-16)31(28,29)25-14-4-3-5-15-25/h6-12H,2-5,13-15H2,1H3. The fourth-order valence-electron chi connectivity index (χ4n) is 3.78. The Kier molecular flexibility index (Phi) is 6.36. The maximum atomic E-state index is 14.4. The second-order valence-electron chi connectivity index (χ2n) is 7.53. The molecule has 0 aliphatic carbocycles. The number of thiazole rings is 1. The number of hydrogen-bond acceptors (Lipinski definition) is 4. The van der Waals surface area contributed by atoms with Gasteiger partial charge in [-0.15, -0.1) is 0 Å². The highest BCUT2D eigenvalue weighted by atomic mass is 32.2. The Balaban J connectivity index is 1.66. The van der Waals surface area contributed by atoms with Crippen LogP contribution in [0.3, 0.4) is 0 Å². The molecule has 0 N–H and O–H groups in total. The summed E-state index contributed by atoms with van der Waals surface area (Å²) in [7, 11) is -3.55. The predicted molar refractivity (Wildman–Crippen MR) is 119 cm³/mol. The van der Waals surface area contributed by atoms with Crippen molar-refractivity contribution in [2.45, 2.75) is 44.0 Å². The molecule has 0 unspecified atom stereocenters. The molecule has 31 heavy (non-hydrogen) atoms. The molecular weight excluding hydrogens is 437 g/mol. The number of nitrogens with zero attached hydrogens (tertiary/aromatic N) is 3. The molecule has 1 aromatic heterocycles. The van der Waals surface area contributed by atoms with E-state index in [0.717, 1.165) is 30.4 Å². The zero-order valence-corrected chi connectivity index (χ0v) is 18.9. The van der Waals surface area contributed by atoms with E-state index in [0.29, 0.717) is 35.5 Å². The van der Waals surface area contributed by atoms with Crippen LogP contribution in [0, 0.1) is 5.82 Å². The van der Waals surface area contributed by atoms with E-state index < -0.39 is 15.9 Å². The van der Waals surface area contributed by atoms with Crippen molar-refractivity contribution in [2.24, 2.45) is 4.99 Å². The summed E-state index contributed by atoms with van der Waals surface area (Å²) in [6.07, 6.45) is 3.54. The number of aryl methyl sites for hydroxylation is 1. The van der Waals surface area contributed by atoms with Crippen molar-refractivity contribution in [2.75, 3.05) is 13.1 Å². The summed E-state index contributed by atoms with van der Waals surface area (Å²) in [5, 5.41) is 0. The average molecular weight is 462 g/mol. The van der Waals surface area contributed by atoms with E-state index in [1.807, 2.05) is 6.92 Å². The highest BCUT2D eigenvalue weighted by Crippen LogP contribution is 2.22. The zero-order chi connectivity index (χ0) is 22.0. The van der Waals surface area contributed by atoms with Crippen LogP contribution in [0.1, 0.15) is 43.0 Å². The lowest BCUT2D eigenvalue weighted by atomic mass is 10.2. The van der Waals surface area contributed by atoms with Gasteiger partial charge in [-0.25, -0.2) is 12.8 Å². The summed E-state index contributed by atoms with van der Waals surface area (Å²) in [5.74, 6) is -0.831. The number of hydrogen-bond donors (Lipinski definition) is 0. The maximum Gasteiger partial charge on any atom is 0.279 e. The van der Waals surface area contributed by atoms with Crippen molar-refractivity contribution >= 4 is 37.5 Å². The van der Waals surface area contributed by atoms with Gasteiger partial charge in [-0.3, -0.25) is 4.79 Å². The maximum absolute atomic E-state index is 14.4. The smallest absolute Gasteiger partial charge is 0.279 e. The fraction of sp³-hybridized carbons (Fsp3) is 0.364. The van der Waals surface area contributed by atoms with Gasteiger partial charge in [-0.1, -0.05) is 30.7 Å². The minimum atomic E-state index is -3.55. The minimum absolute atomic E-state index is 0.177. The molecule has 9 heteroatoms. The average Bonchev–Trinajstić information content (AvgIpc) is 3.13. The molecule has 1 aliphatic heterocycles. The molecule has 2 aromatic carbocycles. The van der Waals surface area contributed by atoms with Crippen LogP contribution in [0.5, 0.6) is 0 Å². The molecule has 1 saturated heterocycles. The van der Waals surface area contributed by atoms with E-state index in [4.69, 9.17) is 0 Å². The first kappa shape index (κ1) is 21.9. The summed E-state index contributed by atoms with van der Waals surface area (Å²) in [6, 6.07) is 10.7. The lowest BCUT2D eigenvalue weighted by Crippen LogP contribution is -2.35. The third-order valence-electron chi connectivity index (χ3n) is 5.35. The highest BCUT2D eigenvalue weighted by molar-refractivity contribution is 7.89. The van der Waals surface area contributed by atoms with Crippen molar-refractivity contribution in [3.63, 3.8) is 0 Å². The fourth-order valence-corrected chi connectivity index (χ4v) is 6.36. The lowest BCUT2D eigenvalue weighted by molar-refractivity contribution is 0.0997. The molecule has 0 radical (unpaired) electrons. The Morgan fingerprint density at radius 2 is 1.81 bits per heavy atom. The molecule has 1 aliphatic rings. The van der Waals surface area contributed by atoms with Crippen LogP contribution < -0.4 is 4.80 Å². The molecule has 3 aromatic rings. The molecule has 1 amide bonds. The van der Waals surface area contributed by atoms with Crippen LogP contribution in [-0.2, 0) is 16.6 Å². The minimum Gasteiger partial charge on any atom is -0.314 e. The van der Waals surface area contributed by atoms with Gasteiger partial charge in [-0.05, 0) is 55.7 Å². The SMILES string of the molecule is CCCn1c(=NC(=O)c2ccc(S(=O)(=O)N3CCCCC3)cc2)sc2cccc(F)c21. The van der Waals surface area contributed by atoms with E-state index >= 15 is 0 Å². The van der Waals surface area contributed by atoms with Gasteiger partial charge in [0, 0.05) is 25.2 Å². The molecule has 164 valence electrons. The third kappa shape index (κ3) is 4.35. The first-order chi connectivity index (χ1) is 14.9. The molecule has 0 atom stereocenters.